The molecule has 0 atom stereocenters. The zero-order valence-corrected chi connectivity index (χ0v) is 10.8. The van der Waals surface area contributed by atoms with Gasteiger partial charge in [0.1, 0.15) is 0 Å². The summed E-state index contributed by atoms with van der Waals surface area (Å²) >= 11 is 0. The van der Waals surface area contributed by atoms with Crippen molar-refractivity contribution in [2.75, 3.05) is 10.5 Å². The first-order valence-corrected chi connectivity index (χ1v) is 7.37. The second-order valence-electron chi connectivity index (χ2n) is 4.63. The Morgan fingerprint density at radius 1 is 1.44 bits per heavy atom. The van der Waals surface area contributed by atoms with Gasteiger partial charge in [0.15, 0.2) is 0 Å². The van der Waals surface area contributed by atoms with E-state index in [0.717, 1.165) is 12.8 Å². The number of carboxylic acid groups (broad SMARTS) is 1. The molecule has 2 rings (SSSR count). The number of benzene rings is 1. The fraction of sp³-hybridized carbons (Fsp3) is 0.417. The van der Waals surface area contributed by atoms with Gasteiger partial charge in [-0.3, -0.25) is 4.72 Å². The molecule has 0 bridgehead atoms. The Balaban J connectivity index is 2.29. The SMILES string of the molecule is Cc1cccc(C(=O)O)c1NS(=O)(=O)CC1CC1. The maximum atomic E-state index is 11.9. The van der Waals surface area contributed by atoms with Crippen LogP contribution in [-0.2, 0) is 10.0 Å². The van der Waals surface area contributed by atoms with Gasteiger partial charge in [-0.15, -0.1) is 0 Å². The number of carbonyl (C=O) groups is 1. The molecule has 0 aromatic heterocycles. The molecule has 5 nitrogen and oxygen atoms in total. The van der Waals surface area contributed by atoms with Gasteiger partial charge in [-0.25, -0.2) is 13.2 Å². The van der Waals surface area contributed by atoms with Crippen LogP contribution < -0.4 is 4.72 Å². The topological polar surface area (TPSA) is 83.5 Å². The van der Waals surface area contributed by atoms with Gasteiger partial charge in [-0.05, 0) is 37.3 Å². The van der Waals surface area contributed by atoms with Gasteiger partial charge in [-0.2, -0.15) is 0 Å². The standard InChI is InChI=1S/C12H15NO4S/c1-8-3-2-4-10(12(14)15)11(8)13-18(16,17)7-9-5-6-9/h2-4,9,13H,5-7H2,1H3,(H,14,15). The molecule has 0 spiro atoms. The number of carboxylic acids is 1. The van der Waals surface area contributed by atoms with Crippen LogP contribution in [0.25, 0.3) is 0 Å². The van der Waals surface area contributed by atoms with Crippen LogP contribution in [0.4, 0.5) is 5.69 Å². The minimum Gasteiger partial charge on any atom is -0.478 e. The summed E-state index contributed by atoms with van der Waals surface area (Å²) < 4.78 is 26.1. The summed E-state index contributed by atoms with van der Waals surface area (Å²) in [7, 11) is -3.46. The third-order valence-corrected chi connectivity index (χ3v) is 4.34. The van der Waals surface area contributed by atoms with Gasteiger partial charge in [-0.1, -0.05) is 12.1 Å². The van der Waals surface area contributed by atoms with Crippen molar-refractivity contribution in [3.63, 3.8) is 0 Å². The van der Waals surface area contributed by atoms with Crippen LogP contribution in [0, 0.1) is 12.8 Å². The first-order valence-electron chi connectivity index (χ1n) is 5.72. The van der Waals surface area contributed by atoms with Crippen LogP contribution in [0.3, 0.4) is 0 Å². The number of hydrogen-bond donors (Lipinski definition) is 2. The Hall–Kier alpha value is -1.56. The molecule has 0 heterocycles. The number of sulfonamides is 1. The molecule has 1 fully saturated rings. The molecule has 6 heteroatoms. The van der Waals surface area contributed by atoms with Gasteiger partial charge in [0.25, 0.3) is 0 Å². The van der Waals surface area contributed by atoms with Crippen molar-refractivity contribution in [1.29, 1.82) is 0 Å². The van der Waals surface area contributed by atoms with E-state index >= 15 is 0 Å². The smallest absolute Gasteiger partial charge is 0.337 e. The fourth-order valence-electron chi connectivity index (χ4n) is 1.77. The van der Waals surface area contributed by atoms with Crippen molar-refractivity contribution in [3.8, 4) is 0 Å². The number of anilines is 1. The first-order chi connectivity index (χ1) is 8.39. The number of aryl methyl sites for hydroxylation is 1. The molecule has 1 aliphatic carbocycles. The molecule has 1 aromatic rings. The summed E-state index contributed by atoms with van der Waals surface area (Å²) in [6, 6.07) is 4.67. The van der Waals surface area contributed by atoms with Crippen LogP contribution in [0.1, 0.15) is 28.8 Å². The zero-order valence-electron chi connectivity index (χ0n) is 10.0. The second kappa shape index (κ2) is 4.61. The van der Waals surface area contributed by atoms with Gasteiger partial charge in [0.05, 0.1) is 17.0 Å². The van der Waals surface area contributed by atoms with E-state index in [-0.39, 0.29) is 22.9 Å². The third-order valence-electron chi connectivity index (χ3n) is 2.91. The van der Waals surface area contributed by atoms with Crippen molar-refractivity contribution in [2.45, 2.75) is 19.8 Å². The van der Waals surface area contributed by atoms with E-state index in [1.807, 2.05) is 0 Å². The minimum atomic E-state index is -3.46. The maximum Gasteiger partial charge on any atom is 0.337 e. The molecule has 0 radical (unpaired) electrons. The van der Waals surface area contributed by atoms with Crippen LogP contribution in [0.15, 0.2) is 18.2 Å². The monoisotopic (exact) mass is 269 g/mol. The average molecular weight is 269 g/mol. The van der Waals surface area contributed by atoms with Gasteiger partial charge < -0.3 is 5.11 Å². The highest BCUT2D eigenvalue weighted by molar-refractivity contribution is 7.92. The van der Waals surface area contributed by atoms with E-state index in [0.29, 0.717) is 5.56 Å². The van der Waals surface area contributed by atoms with Gasteiger partial charge in [0.2, 0.25) is 10.0 Å². The number of rotatable bonds is 5. The molecule has 18 heavy (non-hydrogen) atoms. The summed E-state index contributed by atoms with van der Waals surface area (Å²) in [4.78, 5) is 11.1. The number of hydrogen-bond acceptors (Lipinski definition) is 3. The lowest BCUT2D eigenvalue weighted by Crippen LogP contribution is -2.20. The Bertz CT molecular complexity index is 576. The Morgan fingerprint density at radius 2 is 2.11 bits per heavy atom. The van der Waals surface area contributed by atoms with Crippen LogP contribution in [-0.4, -0.2) is 25.2 Å². The van der Waals surface area contributed by atoms with E-state index in [1.54, 1.807) is 19.1 Å². The molecule has 1 saturated carbocycles. The summed E-state index contributed by atoms with van der Waals surface area (Å²) in [5.41, 5.74) is 0.759. The van der Waals surface area contributed by atoms with Crippen LogP contribution in [0.2, 0.25) is 0 Å². The highest BCUT2D eigenvalue weighted by Gasteiger charge is 2.29. The zero-order chi connectivity index (χ0) is 13.3. The molecule has 0 aliphatic heterocycles. The first kappa shape index (κ1) is 12.9. The lowest BCUT2D eigenvalue weighted by molar-refractivity contribution is 0.0698. The van der Waals surface area contributed by atoms with E-state index in [2.05, 4.69) is 4.72 Å². The Labute approximate surface area is 106 Å². The molecular weight excluding hydrogens is 254 g/mol. The van der Waals surface area contributed by atoms with Gasteiger partial charge in [0, 0.05) is 0 Å². The summed E-state index contributed by atoms with van der Waals surface area (Å²) in [5.74, 6) is -0.844. The van der Waals surface area contributed by atoms with E-state index in [4.69, 9.17) is 5.11 Å². The predicted octanol–water partition coefficient (Wildman–Crippen LogP) is 1.84. The van der Waals surface area contributed by atoms with Crippen molar-refractivity contribution in [3.05, 3.63) is 29.3 Å². The normalized spacial score (nSPS) is 15.4. The summed E-state index contributed by atoms with van der Waals surface area (Å²) in [6.45, 7) is 1.68. The van der Waals surface area contributed by atoms with E-state index in [1.165, 1.54) is 6.07 Å². The molecule has 98 valence electrons. The highest BCUT2D eigenvalue weighted by Crippen LogP contribution is 2.31. The fourth-order valence-corrected chi connectivity index (χ4v) is 3.39. The van der Waals surface area contributed by atoms with Crippen LogP contribution in [0.5, 0.6) is 0 Å². The molecular formula is C12H15NO4S. The van der Waals surface area contributed by atoms with Crippen molar-refractivity contribution < 1.29 is 18.3 Å². The second-order valence-corrected chi connectivity index (χ2v) is 6.40. The number of aromatic carboxylic acids is 1. The number of nitrogens with one attached hydrogen (secondary N) is 1. The predicted molar refractivity (Wildman–Crippen MR) is 68.3 cm³/mol. The molecule has 2 N–H and O–H groups in total. The molecule has 0 unspecified atom stereocenters. The number of para-hydroxylation sites is 1. The average Bonchev–Trinajstić information content (AvgIpc) is 3.03. The Morgan fingerprint density at radius 3 is 2.67 bits per heavy atom. The molecule has 1 aliphatic rings. The van der Waals surface area contributed by atoms with Gasteiger partial charge >= 0.3 is 5.97 Å². The van der Waals surface area contributed by atoms with E-state index in [9.17, 15) is 13.2 Å². The summed E-state index contributed by atoms with van der Waals surface area (Å²) in [5, 5.41) is 9.05. The minimum absolute atomic E-state index is 0.0191. The van der Waals surface area contributed by atoms with Crippen LogP contribution >= 0.6 is 0 Å². The van der Waals surface area contributed by atoms with Crippen molar-refractivity contribution in [1.82, 2.24) is 0 Å². The van der Waals surface area contributed by atoms with Crippen molar-refractivity contribution in [2.24, 2.45) is 5.92 Å². The van der Waals surface area contributed by atoms with E-state index < -0.39 is 16.0 Å². The summed E-state index contributed by atoms with van der Waals surface area (Å²) in [6.07, 6.45) is 1.86. The lowest BCUT2D eigenvalue weighted by Gasteiger charge is -2.12. The maximum absolute atomic E-state index is 11.9. The largest absolute Gasteiger partial charge is 0.478 e. The lowest BCUT2D eigenvalue weighted by atomic mass is 10.1. The highest BCUT2D eigenvalue weighted by atomic mass is 32.2. The third kappa shape index (κ3) is 3.01. The van der Waals surface area contributed by atoms with Crippen molar-refractivity contribution >= 4 is 21.7 Å². The quantitative estimate of drug-likeness (QED) is 0.854. The molecule has 0 amide bonds. The molecule has 0 saturated heterocycles. The Kier molecular flexibility index (Phi) is 3.30. The molecule has 1 aromatic carbocycles.